The van der Waals surface area contributed by atoms with Crippen molar-refractivity contribution in [2.75, 3.05) is 13.8 Å². The summed E-state index contributed by atoms with van der Waals surface area (Å²) in [4.78, 5) is 56.3. The van der Waals surface area contributed by atoms with Gasteiger partial charge in [0.1, 0.15) is 12.8 Å². The number of hydrogen-bond acceptors (Lipinski definition) is 6. The number of imide groups is 1. The second-order valence-corrected chi connectivity index (χ2v) is 7.14. The SMILES string of the molecule is COCN(C(=O)Cc1ccccc1)[C@@H](Cc1ccccc1)C(=O)ON1C(=O)CCC1=O. The van der Waals surface area contributed by atoms with Gasteiger partial charge in [-0.3, -0.25) is 14.4 Å². The monoisotopic (exact) mass is 424 g/mol. The molecule has 3 amide bonds. The van der Waals surface area contributed by atoms with Crippen LogP contribution >= 0.6 is 0 Å². The molecule has 0 bridgehead atoms. The van der Waals surface area contributed by atoms with E-state index in [1.165, 1.54) is 12.0 Å². The van der Waals surface area contributed by atoms with Crippen molar-refractivity contribution in [3.63, 3.8) is 0 Å². The molecule has 1 saturated heterocycles. The molecule has 1 atom stereocenters. The molecular weight excluding hydrogens is 400 g/mol. The van der Waals surface area contributed by atoms with E-state index in [9.17, 15) is 19.2 Å². The minimum atomic E-state index is -1.08. The van der Waals surface area contributed by atoms with Crippen molar-refractivity contribution in [1.82, 2.24) is 9.96 Å². The van der Waals surface area contributed by atoms with Crippen molar-refractivity contribution in [2.24, 2.45) is 0 Å². The molecule has 8 heteroatoms. The van der Waals surface area contributed by atoms with Gasteiger partial charge in [-0.25, -0.2) is 4.79 Å². The maximum absolute atomic E-state index is 13.1. The molecular formula is C23H24N2O6. The van der Waals surface area contributed by atoms with Gasteiger partial charge in [0, 0.05) is 26.4 Å². The first-order valence-corrected chi connectivity index (χ1v) is 9.93. The van der Waals surface area contributed by atoms with Crippen LogP contribution < -0.4 is 0 Å². The smallest absolute Gasteiger partial charge is 0.355 e. The quantitative estimate of drug-likeness (QED) is 0.451. The number of methoxy groups -OCH3 is 1. The fourth-order valence-electron chi connectivity index (χ4n) is 3.31. The molecule has 0 N–H and O–H groups in total. The maximum Gasteiger partial charge on any atom is 0.355 e. The van der Waals surface area contributed by atoms with Crippen LogP contribution in [0.15, 0.2) is 60.7 Å². The van der Waals surface area contributed by atoms with E-state index in [0.29, 0.717) is 5.06 Å². The molecule has 0 aliphatic carbocycles. The zero-order valence-corrected chi connectivity index (χ0v) is 17.2. The van der Waals surface area contributed by atoms with Crippen molar-refractivity contribution in [1.29, 1.82) is 0 Å². The Bertz CT molecular complexity index is 916. The second kappa shape index (κ2) is 10.5. The predicted octanol–water partition coefficient (Wildman–Crippen LogP) is 1.88. The Morgan fingerprint density at radius 1 is 0.935 bits per heavy atom. The summed E-state index contributed by atoms with van der Waals surface area (Å²) >= 11 is 0. The number of hydrogen-bond donors (Lipinski definition) is 0. The van der Waals surface area contributed by atoms with Crippen molar-refractivity contribution in [3.05, 3.63) is 71.8 Å². The molecule has 1 aliphatic rings. The van der Waals surface area contributed by atoms with Crippen LogP contribution in [-0.2, 0) is 41.6 Å². The summed E-state index contributed by atoms with van der Waals surface area (Å²) in [6, 6.07) is 17.1. The number of amides is 3. The van der Waals surface area contributed by atoms with Crippen LogP contribution in [0.1, 0.15) is 24.0 Å². The zero-order chi connectivity index (χ0) is 22.2. The summed E-state index contributed by atoms with van der Waals surface area (Å²) in [6.07, 6.45) is 0.179. The van der Waals surface area contributed by atoms with Gasteiger partial charge in [-0.1, -0.05) is 60.7 Å². The molecule has 0 aromatic heterocycles. The lowest BCUT2D eigenvalue weighted by Crippen LogP contribution is -2.50. The molecule has 31 heavy (non-hydrogen) atoms. The van der Waals surface area contributed by atoms with E-state index in [4.69, 9.17) is 9.57 Å². The molecule has 2 aromatic carbocycles. The summed E-state index contributed by atoms with van der Waals surface area (Å²) in [5.74, 6) is -2.37. The van der Waals surface area contributed by atoms with Crippen molar-refractivity contribution in [3.8, 4) is 0 Å². The maximum atomic E-state index is 13.1. The van der Waals surface area contributed by atoms with E-state index in [1.807, 2.05) is 60.7 Å². The van der Waals surface area contributed by atoms with Crippen LogP contribution in [0.2, 0.25) is 0 Å². The average Bonchev–Trinajstić information content (AvgIpc) is 3.09. The van der Waals surface area contributed by atoms with E-state index in [2.05, 4.69) is 0 Å². The van der Waals surface area contributed by atoms with Crippen LogP contribution in [0, 0.1) is 0 Å². The molecule has 1 heterocycles. The summed E-state index contributed by atoms with van der Waals surface area (Å²) in [5.41, 5.74) is 1.57. The number of nitrogens with zero attached hydrogens (tertiary/aromatic N) is 2. The third kappa shape index (κ3) is 5.76. The Kier molecular flexibility index (Phi) is 7.50. The molecule has 0 saturated carbocycles. The van der Waals surface area contributed by atoms with E-state index < -0.39 is 23.8 Å². The first-order chi connectivity index (χ1) is 15.0. The van der Waals surface area contributed by atoms with Gasteiger partial charge < -0.3 is 14.5 Å². The summed E-state index contributed by atoms with van der Waals surface area (Å²) < 4.78 is 5.19. The van der Waals surface area contributed by atoms with Gasteiger partial charge in [0.25, 0.3) is 11.8 Å². The lowest BCUT2D eigenvalue weighted by atomic mass is 10.0. The summed E-state index contributed by atoms with van der Waals surface area (Å²) in [5, 5.41) is 0.493. The van der Waals surface area contributed by atoms with E-state index in [-0.39, 0.29) is 38.3 Å². The Labute approximate surface area is 180 Å². The Morgan fingerprint density at radius 3 is 2.03 bits per heavy atom. The van der Waals surface area contributed by atoms with E-state index >= 15 is 0 Å². The molecule has 8 nitrogen and oxygen atoms in total. The fourth-order valence-corrected chi connectivity index (χ4v) is 3.31. The molecule has 0 radical (unpaired) electrons. The van der Waals surface area contributed by atoms with Crippen molar-refractivity contribution < 1.29 is 28.8 Å². The minimum absolute atomic E-state index is 0.00973. The Hall–Kier alpha value is -3.52. The van der Waals surface area contributed by atoms with Crippen LogP contribution in [-0.4, -0.2) is 53.5 Å². The van der Waals surface area contributed by atoms with Gasteiger partial charge in [-0.2, -0.15) is 0 Å². The van der Waals surface area contributed by atoms with Crippen LogP contribution in [0.25, 0.3) is 0 Å². The highest BCUT2D eigenvalue weighted by atomic mass is 16.7. The number of carbonyl (C=O) groups is 4. The number of rotatable bonds is 9. The van der Waals surface area contributed by atoms with Gasteiger partial charge in [-0.05, 0) is 11.1 Å². The molecule has 1 aliphatic heterocycles. The third-order valence-electron chi connectivity index (χ3n) is 4.89. The third-order valence-corrected chi connectivity index (χ3v) is 4.89. The lowest BCUT2D eigenvalue weighted by molar-refractivity contribution is -0.202. The summed E-state index contributed by atoms with van der Waals surface area (Å²) in [7, 11) is 1.42. The number of carbonyl (C=O) groups excluding carboxylic acids is 4. The second-order valence-electron chi connectivity index (χ2n) is 7.14. The summed E-state index contributed by atoms with van der Waals surface area (Å²) in [6.45, 7) is -0.153. The lowest BCUT2D eigenvalue weighted by Gasteiger charge is -2.30. The number of hydroxylamine groups is 2. The van der Waals surface area contributed by atoms with E-state index in [0.717, 1.165) is 11.1 Å². The molecule has 2 aromatic rings. The van der Waals surface area contributed by atoms with Gasteiger partial charge in [0.2, 0.25) is 5.91 Å². The minimum Gasteiger partial charge on any atom is -0.364 e. The molecule has 3 rings (SSSR count). The van der Waals surface area contributed by atoms with Crippen LogP contribution in [0.4, 0.5) is 0 Å². The van der Waals surface area contributed by atoms with Gasteiger partial charge in [0.15, 0.2) is 0 Å². The standard InChI is InChI=1S/C23H24N2O6/c1-30-16-24(22(28)15-18-10-6-3-7-11-18)19(14-17-8-4-2-5-9-17)23(29)31-25-20(26)12-13-21(25)27/h2-11,19H,12-16H2,1H3/t19-/m0/s1. The van der Waals surface area contributed by atoms with Crippen LogP contribution in [0.3, 0.4) is 0 Å². The van der Waals surface area contributed by atoms with Crippen molar-refractivity contribution in [2.45, 2.75) is 31.7 Å². The van der Waals surface area contributed by atoms with Gasteiger partial charge in [0.05, 0.1) is 6.42 Å². The van der Waals surface area contributed by atoms with E-state index in [1.54, 1.807) is 0 Å². The van der Waals surface area contributed by atoms with Crippen molar-refractivity contribution >= 4 is 23.7 Å². The Morgan fingerprint density at radius 2 is 1.48 bits per heavy atom. The molecule has 0 unspecified atom stereocenters. The molecule has 0 spiro atoms. The van der Waals surface area contributed by atoms with Gasteiger partial charge >= 0.3 is 5.97 Å². The highest BCUT2D eigenvalue weighted by molar-refractivity contribution is 6.02. The largest absolute Gasteiger partial charge is 0.364 e. The highest BCUT2D eigenvalue weighted by Gasteiger charge is 2.38. The number of ether oxygens (including phenoxy) is 1. The first-order valence-electron chi connectivity index (χ1n) is 9.93. The normalized spacial score (nSPS) is 14.4. The van der Waals surface area contributed by atoms with Gasteiger partial charge in [-0.15, -0.1) is 5.06 Å². The average molecular weight is 424 g/mol. The zero-order valence-electron chi connectivity index (χ0n) is 17.2. The molecule has 1 fully saturated rings. The number of benzene rings is 2. The fraction of sp³-hybridized carbons (Fsp3) is 0.304. The van der Waals surface area contributed by atoms with Crippen LogP contribution in [0.5, 0.6) is 0 Å². The predicted molar refractivity (Wildman–Crippen MR) is 110 cm³/mol. The first kappa shape index (κ1) is 22.2. The Balaban J connectivity index is 1.85. The topological polar surface area (TPSA) is 93.2 Å². The molecule has 162 valence electrons. The highest BCUT2D eigenvalue weighted by Crippen LogP contribution is 2.18.